The Hall–Kier alpha value is -2.99. The summed E-state index contributed by atoms with van der Waals surface area (Å²) < 4.78 is 5.62. The van der Waals surface area contributed by atoms with Crippen molar-refractivity contribution < 1.29 is 14.3 Å². The molecule has 0 spiro atoms. The Morgan fingerprint density at radius 2 is 1.88 bits per heavy atom. The third-order valence-corrected chi connectivity index (χ3v) is 4.09. The van der Waals surface area contributed by atoms with E-state index in [0.29, 0.717) is 34.4 Å². The molecule has 134 valence electrons. The van der Waals surface area contributed by atoms with Gasteiger partial charge in [-0.05, 0) is 49.4 Å². The number of nitrogens with one attached hydrogen (secondary N) is 2. The molecule has 1 aliphatic rings. The molecule has 0 aromatic heterocycles. The van der Waals surface area contributed by atoms with Gasteiger partial charge in [-0.3, -0.25) is 4.79 Å². The number of halogens is 1. The largest absolute Gasteiger partial charge is 0.479 e. The highest BCUT2D eigenvalue weighted by Crippen LogP contribution is 2.36. The van der Waals surface area contributed by atoms with E-state index in [2.05, 4.69) is 17.2 Å². The van der Waals surface area contributed by atoms with Gasteiger partial charge in [0.1, 0.15) is 5.75 Å². The number of carbonyl (C=O) groups excluding carboxylic acids is 2. The molecule has 0 saturated heterocycles. The molecule has 1 atom stereocenters. The van der Waals surface area contributed by atoms with E-state index in [4.69, 9.17) is 16.3 Å². The van der Waals surface area contributed by atoms with Gasteiger partial charge >= 0.3 is 6.03 Å². The number of fused-ring (bicyclic) bond motifs is 1. The van der Waals surface area contributed by atoms with E-state index in [1.165, 1.54) is 0 Å². The summed E-state index contributed by atoms with van der Waals surface area (Å²) in [7, 11) is 0. The topological polar surface area (TPSA) is 70.7 Å². The molecule has 1 aliphatic heterocycles. The Morgan fingerprint density at radius 3 is 2.58 bits per heavy atom. The van der Waals surface area contributed by atoms with Crippen molar-refractivity contribution >= 4 is 40.6 Å². The lowest BCUT2D eigenvalue weighted by molar-refractivity contribution is -0.125. The Labute approximate surface area is 156 Å². The lowest BCUT2D eigenvalue weighted by atomic mass is 10.1. The van der Waals surface area contributed by atoms with Gasteiger partial charge in [0.25, 0.3) is 5.91 Å². The first kappa shape index (κ1) is 17.8. The van der Waals surface area contributed by atoms with Gasteiger partial charge in [0.2, 0.25) is 0 Å². The number of nitrogens with zero attached hydrogens (tertiary/aromatic N) is 1. The summed E-state index contributed by atoms with van der Waals surface area (Å²) in [6.45, 7) is 5.75. The molecule has 0 fully saturated rings. The van der Waals surface area contributed by atoms with Crippen molar-refractivity contribution in [3.63, 3.8) is 0 Å². The molecule has 0 bridgehead atoms. The van der Waals surface area contributed by atoms with Crippen molar-refractivity contribution in [1.29, 1.82) is 0 Å². The minimum Gasteiger partial charge on any atom is -0.479 e. The maximum absolute atomic E-state index is 12.3. The highest BCUT2D eigenvalue weighted by Gasteiger charge is 2.30. The minimum absolute atomic E-state index is 0.153. The maximum atomic E-state index is 12.3. The van der Waals surface area contributed by atoms with Gasteiger partial charge in [-0.15, -0.1) is 6.58 Å². The van der Waals surface area contributed by atoms with Crippen LogP contribution in [0.1, 0.15) is 6.92 Å². The second kappa shape index (κ2) is 7.49. The van der Waals surface area contributed by atoms with E-state index < -0.39 is 12.1 Å². The van der Waals surface area contributed by atoms with Crippen LogP contribution in [0.15, 0.2) is 55.1 Å². The van der Waals surface area contributed by atoms with Crippen molar-refractivity contribution in [2.75, 3.05) is 22.1 Å². The summed E-state index contributed by atoms with van der Waals surface area (Å²) in [5.41, 5.74) is 1.75. The number of hydrogen-bond acceptors (Lipinski definition) is 3. The van der Waals surface area contributed by atoms with Crippen LogP contribution >= 0.6 is 11.6 Å². The van der Waals surface area contributed by atoms with E-state index in [-0.39, 0.29) is 5.91 Å². The predicted molar refractivity (Wildman–Crippen MR) is 103 cm³/mol. The fraction of sp³-hybridized carbons (Fsp3) is 0.158. The summed E-state index contributed by atoms with van der Waals surface area (Å²) in [5, 5.41) is 6.04. The fourth-order valence-corrected chi connectivity index (χ4v) is 2.75. The molecular formula is C19H18ClN3O3. The summed E-state index contributed by atoms with van der Waals surface area (Å²) in [6.07, 6.45) is 1.09. The number of hydrogen-bond donors (Lipinski definition) is 2. The molecule has 3 amide bonds. The van der Waals surface area contributed by atoms with Crippen LogP contribution in [0.4, 0.5) is 21.9 Å². The Kier molecular flexibility index (Phi) is 5.14. The predicted octanol–water partition coefficient (Wildman–Crippen LogP) is 4.28. The molecule has 1 heterocycles. The number of amides is 3. The summed E-state index contributed by atoms with van der Waals surface area (Å²) >= 11 is 5.83. The molecule has 0 saturated carbocycles. The van der Waals surface area contributed by atoms with Gasteiger partial charge < -0.3 is 20.3 Å². The number of benzene rings is 2. The van der Waals surface area contributed by atoms with Gasteiger partial charge in [0.15, 0.2) is 6.10 Å². The minimum atomic E-state index is -0.561. The Morgan fingerprint density at radius 1 is 1.23 bits per heavy atom. The average molecular weight is 372 g/mol. The third kappa shape index (κ3) is 3.81. The first-order chi connectivity index (χ1) is 12.5. The maximum Gasteiger partial charge on any atom is 0.323 e. The van der Waals surface area contributed by atoms with Crippen LogP contribution in [-0.4, -0.2) is 24.6 Å². The zero-order chi connectivity index (χ0) is 18.7. The zero-order valence-electron chi connectivity index (χ0n) is 14.2. The smallest absolute Gasteiger partial charge is 0.323 e. The van der Waals surface area contributed by atoms with Crippen molar-refractivity contribution in [2.45, 2.75) is 13.0 Å². The summed E-state index contributed by atoms with van der Waals surface area (Å²) in [4.78, 5) is 26.1. The van der Waals surface area contributed by atoms with Crippen molar-refractivity contribution in [3.8, 4) is 5.75 Å². The van der Waals surface area contributed by atoms with Crippen LogP contribution in [0, 0.1) is 0 Å². The van der Waals surface area contributed by atoms with Crippen LogP contribution in [-0.2, 0) is 4.79 Å². The lowest BCUT2D eigenvalue weighted by Crippen LogP contribution is -2.44. The highest BCUT2D eigenvalue weighted by atomic mass is 35.5. The quantitative estimate of drug-likeness (QED) is 0.788. The molecule has 26 heavy (non-hydrogen) atoms. The van der Waals surface area contributed by atoms with E-state index in [9.17, 15) is 9.59 Å². The normalized spacial score (nSPS) is 15.7. The van der Waals surface area contributed by atoms with Crippen LogP contribution in [0.3, 0.4) is 0 Å². The number of ether oxygens (including phenoxy) is 1. The molecule has 7 heteroatoms. The first-order valence-electron chi connectivity index (χ1n) is 8.04. The second-order valence-corrected chi connectivity index (χ2v) is 6.20. The standard InChI is InChI=1S/C19H18ClN3O3/c1-3-10-23-16-11-15(8-9-17(16)26-12(2)18(23)24)22-19(25)21-14-6-4-13(20)5-7-14/h3-9,11-12H,1,10H2,2H3,(H2,21,22,25). The number of carbonyl (C=O) groups is 2. The molecule has 0 radical (unpaired) electrons. The molecule has 6 nitrogen and oxygen atoms in total. The van der Waals surface area contributed by atoms with Gasteiger partial charge in [-0.25, -0.2) is 4.79 Å². The van der Waals surface area contributed by atoms with Crippen LogP contribution in [0.2, 0.25) is 5.02 Å². The molecular weight excluding hydrogens is 354 g/mol. The van der Waals surface area contributed by atoms with Crippen LogP contribution in [0.25, 0.3) is 0 Å². The molecule has 2 aromatic rings. The number of rotatable bonds is 4. The van der Waals surface area contributed by atoms with Gasteiger partial charge in [0.05, 0.1) is 5.69 Å². The van der Waals surface area contributed by atoms with E-state index >= 15 is 0 Å². The second-order valence-electron chi connectivity index (χ2n) is 5.77. The van der Waals surface area contributed by atoms with Gasteiger partial charge in [-0.1, -0.05) is 17.7 Å². The zero-order valence-corrected chi connectivity index (χ0v) is 14.9. The SMILES string of the molecule is C=CCN1C(=O)C(C)Oc2ccc(NC(=O)Nc3ccc(Cl)cc3)cc21. The molecule has 1 unspecified atom stereocenters. The molecule has 3 rings (SSSR count). The molecule has 2 N–H and O–H groups in total. The average Bonchev–Trinajstić information content (AvgIpc) is 2.61. The molecule has 2 aromatic carbocycles. The first-order valence-corrected chi connectivity index (χ1v) is 8.42. The van der Waals surface area contributed by atoms with Crippen LogP contribution < -0.4 is 20.3 Å². The third-order valence-electron chi connectivity index (χ3n) is 3.84. The number of anilines is 3. The Balaban J connectivity index is 1.77. The van der Waals surface area contributed by atoms with Gasteiger partial charge in [-0.2, -0.15) is 0 Å². The lowest BCUT2D eigenvalue weighted by Gasteiger charge is -2.32. The summed E-state index contributed by atoms with van der Waals surface area (Å²) in [6, 6.07) is 11.5. The van der Waals surface area contributed by atoms with Gasteiger partial charge in [0, 0.05) is 22.9 Å². The van der Waals surface area contributed by atoms with E-state index in [0.717, 1.165) is 0 Å². The Bertz CT molecular complexity index is 852. The van der Waals surface area contributed by atoms with E-state index in [1.807, 2.05) is 0 Å². The number of urea groups is 1. The van der Waals surface area contributed by atoms with Crippen LogP contribution in [0.5, 0.6) is 5.75 Å². The van der Waals surface area contributed by atoms with Crippen molar-refractivity contribution in [2.24, 2.45) is 0 Å². The fourth-order valence-electron chi connectivity index (χ4n) is 2.63. The highest BCUT2D eigenvalue weighted by molar-refractivity contribution is 6.30. The van der Waals surface area contributed by atoms with E-state index in [1.54, 1.807) is 60.4 Å². The van der Waals surface area contributed by atoms with Crippen molar-refractivity contribution in [3.05, 3.63) is 60.1 Å². The summed E-state index contributed by atoms with van der Waals surface area (Å²) in [5.74, 6) is 0.433. The monoisotopic (exact) mass is 371 g/mol. The van der Waals surface area contributed by atoms with Crippen molar-refractivity contribution in [1.82, 2.24) is 0 Å². The molecule has 0 aliphatic carbocycles.